The molecule has 0 spiro atoms. The van der Waals surface area contributed by atoms with E-state index in [-0.39, 0.29) is 18.3 Å². The van der Waals surface area contributed by atoms with Crippen LogP contribution in [0.2, 0.25) is 0 Å². The van der Waals surface area contributed by atoms with Gasteiger partial charge in [-0.25, -0.2) is 11.9 Å². The Bertz CT molecular complexity index is 477. The van der Waals surface area contributed by atoms with Crippen molar-refractivity contribution >= 4 is 22.9 Å². The Morgan fingerprint density at radius 3 is 2.09 bits per heavy atom. The minimum absolute atomic E-state index is 0.0102. The lowest BCUT2D eigenvalue weighted by Crippen LogP contribution is -2.50. The van der Waals surface area contributed by atoms with Gasteiger partial charge in [0.15, 0.2) is 0 Å². The van der Waals surface area contributed by atoms with Gasteiger partial charge in [-0.05, 0) is 18.4 Å². The first-order chi connectivity index (χ1) is 10.5. The second-order valence-electron chi connectivity index (χ2n) is 6.69. The van der Waals surface area contributed by atoms with Gasteiger partial charge in [0.1, 0.15) is 0 Å². The monoisotopic (exact) mass is 420 g/mol. The molecule has 2 aliphatic heterocycles. The van der Waals surface area contributed by atoms with Crippen LogP contribution in [0.15, 0.2) is 30.3 Å². The Kier molecular flexibility index (Phi) is 5.04. The van der Waals surface area contributed by atoms with Gasteiger partial charge in [-0.2, -0.15) is 0 Å². The zero-order chi connectivity index (χ0) is 15.6. The smallest absolute Gasteiger partial charge is 0.250 e. The van der Waals surface area contributed by atoms with Crippen LogP contribution in [-0.2, 0) is 5.41 Å². The summed E-state index contributed by atoms with van der Waals surface area (Å²) in [5.74, 6) is -2.46. The van der Waals surface area contributed by atoms with Gasteiger partial charge < -0.3 is 4.90 Å². The molecule has 0 atom stereocenters. The van der Waals surface area contributed by atoms with Crippen molar-refractivity contribution < 1.29 is 8.78 Å². The van der Waals surface area contributed by atoms with Gasteiger partial charge in [0.05, 0.1) is 0 Å². The first-order valence-electron chi connectivity index (χ1n) is 8.06. The molecule has 5 heteroatoms. The molecule has 1 aromatic carbocycles. The van der Waals surface area contributed by atoms with Gasteiger partial charge in [-0.1, -0.05) is 30.3 Å². The molecular formula is C17H23F2IN2. The summed E-state index contributed by atoms with van der Waals surface area (Å²) in [5.41, 5.74) is 1.49. The van der Waals surface area contributed by atoms with Crippen molar-refractivity contribution in [1.82, 2.24) is 8.01 Å². The van der Waals surface area contributed by atoms with E-state index in [0.717, 1.165) is 32.5 Å². The number of nitrogens with zero attached hydrogens (tertiary/aromatic N) is 2. The van der Waals surface area contributed by atoms with Crippen LogP contribution in [0.4, 0.5) is 8.78 Å². The van der Waals surface area contributed by atoms with Crippen molar-refractivity contribution in [2.24, 2.45) is 0 Å². The minimum Gasteiger partial charge on any atom is -0.302 e. The maximum absolute atomic E-state index is 13.4. The van der Waals surface area contributed by atoms with E-state index in [1.165, 1.54) is 5.56 Å². The van der Waals surface area contributed by atoms with E-state index in [1.807, 2.05) is 6.07 Å². The zero-order valence-corrected chi connectivity index (χ0v) is 14.9. The second kappa shape index (κ2) is 6.69. The van der Waals surface area contributed by atoms with Crippen LogP contribution in [0, 0.1) is 0 Å². The number of alkyl halides is 2. The number of benzene rings is 1. The molecule has 0 N–H and O–H groups in total. The topological polar surface area (TPSA) is 6.48 Å². The number of hydrogen-bond donors (Lipinski definition) is 0. The van der Waals surface area contributed by atoms with Gasteiger partial charge in [0.25, 0.3) is 5.92 Å². The van der Waals surface area contributed by atoms with E-state index in [2.05, 4.69) is 55.1 Å². The first-order valence-corrected chi connectivity index (χ1v) is 9.02. The standard InChI is InChI=1S/C17H23F2IN2/c18-17(19)8-10-21(11-9-17)14-16(6-12-22(20)13-7-16)15-4-2-1-3-5-15/h1-5H,6-14H2. The third-order valence-corrected chi connectivity index (χ3v) is 6.13. The Balaban J connectivity index is 1.75. The van der Waals surface area contributed by atoms with Gasteiger partial charge >= 0.3 is 0 Å². The molecule has 122 valence electrons. The molecule has 22 heavy (non-hydrogen) atoms. The fraction of sp³-hybridized carbons (Fsp3) is 0.647. The van der Waals surface area contributed by atoms with Gasteiger partial charge in [-0.3, -0.25) is 0 Å². The summed E-state index contributed by atoms with van der Waals surface area (Å²) < 4.78 is 29.1. The SMILES string of the molecule is FC1(F)CCN(CC2(c3ccccc3)CCN(I)CC2)CC1. The summed E-state index contributed by atoms with van der Waals surface area (Å²) in [4.78, 5) is 2.26. The molecule has 3 rings (SSSR count). The Morgan fingerprint density at radius 2 is 1.50 bits per heavy atom. The Labute approximate surface area is 145 Å². The molecule has 0 aromatic heterocycles. The van der Waals surface area contributed by atoms with Crippen LogP contribution in [0.3, 0.4) is 0 Å². The number of halogens is 3. The summed E-state index contributed by atoms with van der Waals surface area (Å²) in [6, 6.07) is 10.7. The normalized spacial score (nSPS) is 26.0. The summed E-state index contributed by atoms with van der Waals surface area (Å²) in [6.07, 6.45) is 2.23. The van der Waals surface area contributed by atoms with Crippen LogP contribution < -0.4 is 0 Å². The van der Waals surface area contributed by atoms with Crippen molar-refractivity contribution in [3.05, 3.63) is 35.9 Å². The first kappa shape index (κ1) is 16.6. The fourth-order valence-electron chi connectivity index (χ4n) is 3.70. The summed E-state index contributed by atoms with van der Waals surface area (Å²) in [5, 5.41) is 0. The highest BCUT2D eigenvalue weighted by atomic mass is 127. The van der Waals surface area contributed by atoms with Crippen molar-refractivity contribution in [1.29, 1.82) is 0 Å². The zero-order valence-electron chi connectivity index (χ0n) is 12.8. The molecule has 2 aliphatic rings. The van der Waals surface area contributed by atoms with E-state index in [4.69, 9.17) is 0 Å². The fourth-order valence-corrected chi connectivity index (χ4v) is 4.19. The molecule has 0 saturated carbocycles. The average molecular weight is 420 g/mol. The lowest BCUT2D eigenvalue weighted by atomic mass is 9.72. The Morgan fingerprint density at radius 1 is 0.909 bits per heavy atom. The highest BCUT2D eigenvalue weighted by molar-refractivity contribution is 14.1. The molecule has 0 aliphatic carbocycles. The van der Waals surface area contributed by atoms with Crippen molar-refractivity contribution in [3.63, 3.8) is 0 Å². The lowest BCUT2D eigenvalue weighted by Gasteiger charge is -2.45. The van der Waals surface area contributed by atoms with Gasteiger partial charge in [0, 0.05) is 73.8 Å². The van der Waals surface area contributed by atoms with Gasteiger partial charge in [0.2, 0.25) is 0 Å². The summed E-state index contributed by atoms with van der Waals surface area (Å²) in [7, 11) is 0. The summed E-state index contributed by atoms with van der Waals surface area (Å²) >= 11 is 2.39. The van der Waals surface area contributed by atoms with Crippen LogP contribution >= 0.6 is 22.9 Å². The number of piperidine rings is 2. The van der Waals surface area contributed by atoms with Crippen molar-refractivity contribution in [2.45, 2.75) is 37.0 Å². The highest BCUT2D eigenvalue weighted by Gasteiger charge is 2.40. The van der Waals surface area contributed by atoms with E-state index >= 15 is 0 Å². The van der Waals surface area contributed by atoms with Gasteiger partial charge in [-0.15, -0.1) is 0 Å². The molecule has 0 bridgehead atoms. The van der Waals surface area contributed by atoms with Crippen LogP contribution in [0.5, 0.6) is 0 Å². The molecular weight excluding hydrogens is 397 g/mol. The lowest BCUT2D eigenvalue weighted by molar-refractivity contribution is -0.0597. The molecule has 2 saturated heterocycles. The predicted octanol–water partition coefficient (Wildman–Crippen LogP) is 4.10. The van der Waals surface area contributed by atoms with E-state index < -0.39 is 5.92 Å². The molecule has 0 radical (unpaired) electrons. The highest BCUT2D eigenvalue weighted by Crippen LogP contribution is 2.38. The summed E-state index contributed by atoms with van der Waals surface area (Å²) in [6.45, 7) is 4.10. The second-order valence-corrected chi connectivity index (χ2v) is 8.05. The number of likely N-dealkylation sites (tertiary alicyclic amines) is 1. The predicted molar refractivity (Wildman–Crippen MR) is 93.6 cm³/mol. The molecule has 0 unspecified atom stereocenters. The molecule has 2 nitrogen and oxygen atoms in total. The quantitative estimate of drug-likeness (QED) is 0.537. The van der Waals surface area contributed by atoms with E-state index in [9.17, 15) is 8.78 Å². The maximum atomic E-state index is 13.4. The third-order valence-electron chi connectivity index (χ3n) is 5.17. The van der Waals surface area contributed by atoms with Crippen LogP contribution in [0.25, 0.3) is 0 Å². The number of rotatable bonds is 3. The van der Waals surface area contributed by atoms with Crippen molar-refractivity contribution in [2.75, 3.05) is 32.7 Å². The third kappa shape index (κ3) is 3.79. The average Bonchev–Trinajstić information content (AvgIpc) is 2.53. The Hall–Kier alpha value is -0.270. The van der Waals surface area contributed by atoms with Crippen LogP contribution in [0.1, 0.15) is 31.2 Å². The van der Waals surface area contributed by atoms with Crippen molar-refractivity contribution in [3.8, 4) is 0 Å². The molecule has 2 heterocycles. The minimum atomic E-state index is -2.46. The van der Waals surface area contributed by atoms with E-state index in [1.54, 1.807) is 0 Å². The maximum Gasteiger partial charge on any atom is 0.250 e. The molecule has 2 fully saturated rings. The largest absolute Gasteiger partial charge is 0.302 e. The van der Waals surface area contributed by atoms with E-state index in [0.29, 0.717) is 13.1 Å². The number of hydrogen-bond acceptors (Lipinski definition) is 2. The molecule has 1 aromatic rings. The molecule has 0 amide bonds. The van der Waals surface area contributed by atoms with Crippen LogP contribution in [-0.4, -0.2) is 46.7 Å².